The summed E-state index contributed by atoms with van der Waals surface area (Å²) in [6.45, 7) is 6.77. The fourth-order valence-corrected chi connectivity index (χ4v) is 4.88. The Morgan fingerprint density at radius 2 is 1.61 bits per heavy atom. The SMILES string of the molecule is CCOc1ccc(N2C(=O)C[C@H](N3CCC(N4CCCCC4)CC3)C2=O)cc1. The van der Waals surface area contributed by atoms with Gasteiger partial charge in [0.2, 0.25) is 5.91 Å². The molecule has 3 aliphatic rings. The van der Waals surface area contributed by atoms with Gasteiger partial charge in [-0.15, -0.1) is 0 Å². The number of amides is 2. The maximum atomic E-state index is 13.0. The summed E-state index contributed by atoms with van der Waals surface area (Å²) in [5.74, 6) is 0.574. The molecule has 0 aromatic heterocycles. The quantitative estimate of drug-likeness (QED) is 0.730. The Kier molecular flexibility index (Phi) is 5.97. The van der Waals surface area contributed by atoms with Crippen LogP contribution in [0.15, 0.2) is 24.3 Å². The predicted octanol–water partition coefficient (Wildman–Crippen LogP) is 2.67. The zero-order valence-electron chi connectivity index (χ0n) is 16.8. The number of ether oxygens (including phenoxy) is 1. The molecule has 1 aromatic rings. The molecule has 28 heavy (non-hydrogen) atoms. The molecule has 0 aliphatic carbocycles. The van der Waals surface area contributed by atoms with Crippen LogP contribution < -0.4 is 9.64 Å². The van der Waals surface area contributed by atoms with Crippen molar-refractivity contribution >= 4 is 17.5 Å². The minimum Gasteiger partial charge on any atom is -0.494 e. The number of anilines is 1. The van der Waals surface area contributed by atoms with Crippen molar-refractivity contribution in [2.24, 2.45) is 0 Å². The van der Waals surface area contributed by atoms with Crippen LogP contribution in [0, 0.1) is 0 Å². The van der Waals surface area contributed by atoms with Crippen molar-refractivity contribution in [2.75, 3.05) is 37.7 Å². The van der Waals surface area contributed by atoms with E-state index < -0.39 is 0 Å². The van der Waals surface area contributed by atoms with Gasteiger partial charge in [-0.25, -0.2) is 4.90 Å². The molecule has 1 atom stereocenters. The Balaban J connectivity index is 1.37. The van der Waals surface area contributed by atoms with E-state index in [0.29, 0.717) is 24.8 Å². The van der Waals surface area contributed by atoms with Crippen molar-refractivity contribution in [1.82, 2.24) is 9.80 Å². The number of benzene rings is 1. The molecule has 2 amide bonds. The van der Waals surface area contributed by atoms with Crippen molar-refractivity contribution in [3.05, 3.63) is 24.3 Å². The second kappa shape index (κ2) is 8.62. The smallest absolute Gasteiger partial charge is 0.251 e. The molecule has 6 nitrogen and oxygen atoms in total. The Bertz CT molecular complexity index is 691. The van der Waals surface area contributed by atoms with Crippen LogP contribution in [-0.4, -0.2) is 66.5 Å². The van der Waals surface area contributed by atoms with E-state index in [0.717, 1.165) is 31.7 Å². The van der Waals surface area contributed by atoms with Crippen molar-refractivity contribution in [2.45, 2.75) is 57.5 Å². The van der Waals surface area contributed by atoms with E-state index in [4.69, 9.17) is 4.74 Å². The van der Waals surface area contributed by atoms with Crippen LogP contribution in [0.3, 0.4) is 0 Å². The summed E-state index contributed by atoms with van der Waals surface area (Å²) in [5.41, 5.74) is 0.643. The van der Waals surface area contributed by atoms with E-state index in [1.54, 1.807) is 12.1 Å². The number of carbonyl (C=O) groups excluding carboxylic acids is 2. The summed E-state index contributed by atoms with van der Waals surface area (Å²) in [5, 5.41) is 0. The van der Waals surface area contributed by atoms with Gasteiger partial charge < -0.3 is 9.64 Å². The van der Waals surface area contributed by atoms with Crippen LogP contribution in [-0.2, 0) is 9.59 Å². The molecule has 0 N–H and O–H groups in total. The van der Waals surface area contributed by atoms with E-state index >= 15 is 0 Å². The third-order valence-corrected chi connectivity index (χ3v) is 6.38. The number of rotatable bonds is 5. The standard InChI is InChI=1S/C22H31N3O3/c1-2-28-19-8-6-18(7-9-19)25-21(26)16-20(22(25)27)24-14-10-17(11-15-24)23-12-4-3-5-13-23/h6-9,17,20H,2-5,10-16H2,1H3/t20-/m0/s1. The fourth-order valence-electron chi connectivity index (χ4n) is 4.88. The minimum absolute atomic E-state index is 0.0782. The minimum atomic E-state index is -0.304. The molecular formula is C22H31N3O3. The maximum Gasteiger partial charge on any atom is 0.251 e. The Morgan fingerprint density at radius 3 is 2.25 bits per heavy atom. The normalized spacial score (nSPS) is 25.5. The van der Waals surface area contributed by atoms with E-state index in [-0.39, 0.29) is 17.9 Å². The van der Waals surface area contributed by atoms with Crippen LogP contribution in [0.2, 0.25) is 0 Å². The van der Waals surface area contributed by atoms with Crippen molar-refractivity contribution in [3.63, 3.8) is 0 Å². The number of imide groups is 1. The van der Waals surface area contributed by atoms with Gasteiger partial charge in [0.05, 0.1) is 24.8 Å². The van der Waals surface area contributed by atoms with Gasteiger partial charge >= 0.3 is 0 Å². The second-order valence-corrected chi connectivity index (χ2v) is 8.08. The number of nitrogens with zero attached hydrogens (tertiary/aromatic N) is 3. The molecule has 152 valence electrons. The first-order chi connectivity index (χ1) is 13.7. The first-order valence-corrected chi connectivity index (χ1v) is 10.7. The highest BCUT2D eigenvalue weighted by Crippen LogP contribution is 2.30. The Labute approximate surface area is 167 Å². The zero-order chi connectivity index (χ0) is 19.5. The number of carbonyl (C=O) groups is 2. The van der Waals surface area contributed by atoms with Crippen LogP contribution in [0.25, 0.3) is 0 Å². The Morgan fingerprint density at radius 1 is 0.929 bits per heavy atom. The lowest BCUT2D eigenvalue weighted by molar-refractivity contribution is -0.123. The lowest BCUT2D eigenvalue weighted by Crippen LogP contribution is -2.51. The summed E-state index contributed by atoms with van der Waals surface area (Å²) in [6.07, 6.45) is 6.47. The summed E-state index contributed by atoms with van der Waals surface area (Å²) in [6, 6.07) is 7.57. The molecule has 3 fully saturated rings. The largest absolute Gasteiger partial charge is 0.494 e. The molecule has 3 heterocycles. The lowest BCUT2D eigenvalue weighted by Gasteiger charge is -2.41. The number of piperidine rings is 2. The van der Waals surface area contributed by atoms with Gasteiger partial charge in [-0.05, 0) is 70.0 Å². The average molecular weight is 386 g/mol. The summed E-state index contributed by atoms with van der Waals surface area (Å²) in [7, 11) is 0. The van der Waals surface area contributed by atoms with E-state index in [2.05, 4.69) is 9.80 Å². The van der Waals surface area contributed by atoms with Gasteiger partial charge in [-0.2, -0.15) is 0 Å². The fraction of sp³-hybridized carbons (Fsp3) is 0.636. The first kappa shape index (κ1) is 19.4. The van der Waals surface area contributed by atoms with E-state index in [9.17, 15) is 9.59 Å². The molecule has 0 saturated carbocycles. The Hall–Kier alpha value is -1.92. The second-order valence-electron chi connectivity index (χ2n) is 8.08. The van der Waals surface area contributed by atoms with Gasteiger partial charge in [0.25, 0.3) is 5.91 Å². The molecule has 4 rings (SSSR count). The number of hydrogen-bond donors (Lipinski definition) is 0. The highest BCUT2D eigenvalue weighted by molar-refractivity contribution is 6.22. The van der Waals surface area contributed by atoms with Crippen molar-refractivity contribution in [1.29, 1.82) is 0 Å². The predicted molar refractivity (Wildman–Crippen MR) is 109 cm³/mol. The van der Waals surface area contributed by atoms with Gasteiger partial charge in [0, 0.05) is 19.1 Å². The van der Waals surface area contributed by atoms with Crippen LogP contribution >= 0.6 is 0 Å². The van der Waals surface area contributed by atoms with E-state index in [1.165, 1.54) is 37.3 Å². The monoisotopic (exact) mass is 385 g/mol. The molecule has 6 heteroatoms. The topological polar surface area (TPSA) is 53.1 Å². The molecule has 3 saturated heterocycles. The molecule has 0 radical (unpaired) electrons. The average Bonchev–Trinajstić information content (AvgIpc) is 3.04. The van der Waals surface area contributed by atoms with Gasteiger partial charge in [0.1, 0.15) is 5.75 Å². The molecular weight excluding hydrogens is 354 g/mol. The number of likely N-dealkylation sites (tertiary alicyclic amines) is 2. The van der Waals surface area contributed by atoms with Crippen molar-refractivity contribution < 1.29 is 14.3 Å². The van der Waals surface area contributed by atoms with Crippen LogP contribution in [0.5, 0.6) is 5.75 Å². The maximum absolute atomic E-state index is 13.0. The highest BCUT2D eigenvalue weighted by Gasteiger charge is 2.43. The third kappa shape index (κ3) is 3.94. The zero-order valence-corrected chi connectivity index (χ0v) is 16.8. The van der Waals surface area contributed by atoms with Crippen LogP contribution in [0.4, 0.5) is 5.69 Å². The summed E-state index contributed by atoms with van der Waals surface area (Å²) < 4.78 is 5.45. The van der Waals surface area contributed by atoms with E-state index in [1.807, 2.05) is 19.1 Å². The van der Waals surface area contributed by atoms with Gasteiger partial charge in [0.15, 0.2) is 0 Å². The van der Waals surface area contributed by atoms with Crippen LogP contribution in [0.1, 0.15) is 45.4 Å². The molecule has 1 aromatic carbocycles. The first-order valence-electron chi connectivity index (χ1n) is 10.7. The molecule has 0 bridgehead atoms. The van der Waals surface area contributed by atoms with Gasteiger partial charge in [-0.3, -0.25) is 14.5 Å². The summed E-state index contributed by atoms with van der Waals surface area (Å²) >= 11 is 0. The molecule has 0 spiro atoms. The molecule has 3 aliphatic heterocycles. The molecule has 0 unspecified atom stereocenters. The lowest BCUT2D eigenvalue weighted by atomic mass is 9.98. The summed E-state index contributed by atoms with van der Waals surface area (Å²) in [4.78, 5) is 31.9. The highest BCUT2D eigenvalue weighted by atomic mass is 16.5. The third-order valence-electron chi connectivity index (χ3n) is 6.38. The number of hydrogen-bond acceptors (Lipinski definition) is 5. The van der Waals surface area contributed by atoms with Gasteiger partial charge in [-0.1, -0.05) is 6.42 Å². The van der Waals surface area contributed by atoms with Crippen molar-refractivity contribution in [3.8, 4) is 5.75 Å².